The molecule has 0 aliphatic rings. The van der Waals surface area contributed by atoms with Crippen LogP contribution in [0.4, 0.5) is 0 Å². The fourth-order valence-corrected chi connectivity index (χ4v) is 2.54. The molecule has 0 fully saturated rings. The van der Waals surface area contributed by atoms with E-state index in [1.54, 1.807) is 34.6 Å². The number of ether oxygens (including phenoxy) is 4. The van der Waals surface area contributed by atoms with Gasteiger partial charge in [-0.3, -0.25) is 9.59 Å². The molecule has 0 saturated carbocycles. The molecule has 0 radical (unpaired) electrons. The van der Waals surface area contributed by atoms with Crippen molar-refractivity contribution in [3.05, 3.63) is 0 Å². The fourth-order valence-electron chi connectivity index (χ4n) is 0.979. The molecule has 0 heterocycles. The van der Waals surface area contributed by atoms with Crippen molar-refractivity contribution in [3.63, 3.8) is 0 Å². The van der Waals surface area contributed by atoms with E-state index in [1.165, 1.54) is 11.8 Å². The Labute approximate surface area is 258 Å². The molecule has 0 aromatic heterocycles. The molecule has 0 saturated heterocycles. The van der Waals surface area contributed by atoms with Gasteiger partial charge < -0.3 is 48.9 Å². The van der Waals surface area contributed by atoms with Gasteiger partial charge in [0.15, 0.2) is 0 Å². The zero-order valence-corrected chi connectivity index (χ0v) is 27.6. The van der Waals surface area contributed by atoms with Crippen molar-refractivity contribution in [2.75, 3.05) is 33.0 Å². The molecule has 7 nitrogen and oxygen atoms in total. The summed E-state index contributed by atoms with van der Waals surface area (Å²) in [5.74, 6) is -0.456. The van der Waals surface area contributed by atoms with Gasteiger partial charge in [-0.2, -0.15) is 0 Å². The number of aliphatic hydroxyl groups is 1. The quantitative estimate of drug-likeness (QED) is 0.148. The summed E-state index contributed by atoms with van der Waals surface area (Å²) in [5, 5.41) is 7.28. The van der Waals surface area contributed by atoms with E-state index in [-0.39, 0.29) is 84.4 Å². The van der Waals surface area contributed by atoms with Gasteiger partial charge >= 0.3 is 63.3 Å². The zero-order chi connectivity index (χ0) is 24.5. The van der Waals surface area contributed by atoms with Crippen molar-refractivity contribution in [1.82, 2.24) is 0 Å². The van der Waals surface area contributed by atoms with Crippen molar-refractivity contribution in [2.24, 2.45) is 0 Å². The topological polar surface area (TPSA) is 91.3 Å². The first kappa shape index (κ1) is 42.5. The smallest absolute Gasteiger partial charge is 0.514 e. The van der Waals surface area contributed by atoms with Gasteiger partial charge in [0, 0.05) is 11.0 Å². The minimum Gasteiger partial charge on any atom is -0.514 e. The maximum Gasteiger partial charge on any atom is 1.00 e. The Bertz CT molecular complexity index is 459. The SMILES string of the molecule is CCO.CCOC(=O)C(C)Br.CCOC(=O)C(C)SC(=S)OCC.CCOC(=S)[S-].[K+]. The number of carbonyl (C=O) groups excluding carboxylic acids is 2. The van der Waals surface area contributed by atoms with Crippen molar-refractivity contribution >= 4 is 85.5 Å². The predicted octanol–water partition coefficient (Wildman–Crippen LogP) is 1.18. The average Bonchev–Trinajstić information content (AvgIpc) is 2.63. The molecule has 0 aromatic carbocycles. The summed E-state index contributed by atoms with van der Waals surface area (Å²) >= 11 is 17.9. The molecule has 1 N–H and O–H groups in total. The molecular formula is C18H34BrKO7S4. The third-order valence-corrected chi connectivity index (χ3v) is 3.90. The summed E-state index contributed by atoms with van der Waals surface area (Å²) in [6, 6.07) is 0. The molecule has 2 atom stereocenters. The van der Waals surface area contributed by atoms with Crippen LogP contribution in [0.25, 0.3) is 0 Å². The van der Waals surface area contributed by atoms with Gasteiger partial charge in [-0.05, 0) is 60.7 Å². The Morgan fingerprint density at radius 3 is 1.48 bits per heavy atom. The van der Waals surface area contributed by atoms with E-state index in [1.807, 2.05) is 13.8 Å². The first-order valence-electron chi connectivity index (χ1n) is 9.23. The largest absolute Gasteiger partial charge is 1.00 e. The van der Waals surface area contributed by atoms with E-state index in [0.717, 1.165) is 0 Å². The van der Waals surface area contributed by atoms with Gasteiger partial charge in [-0.25, -0.2) is 0 Å². The molecule has 0 aliphatic heterocycles. The Balaban J connectivity index is -0.000000108. The number of alkyl halides is 1. The molecule has 0 aliphatic carbocycles. The normalized spacial score (nSPS) is 10.4. The summed E-state index contributed by atoms with van der Waals surface area (Å²) in [4.78, 5) is 21.4. The number of hydrogen-bond donors (Lipinski definition) is 1. The summed E-state index contributed by atoms with van der Waals surface area (Å²) in [6.45, 7) is 14.6. The summed E-state index contributed by atoms with van der Waals surface area (Å²) < 4.78 is 19.6. The molecule has 31 heavy (non-hydrogen) atoms. The third-order valence-electron chi connectivity index (χ3n) is 2.03. The van der Waals surface area contributed by atoms with Crippen LogP contribution in [0.3, 0.4) is 0 Å². The average molecular weight is 610 g/mol. The van der Waals surface area contributed by atoms with Crippen LogP contribution in [0.1, 0.15) is 48.5 Å². The molecule has 180 valence electrons. The molecule has 0 rings (SSSR count). The first-order valence-corrected chi connectivity index (χ1v) is 12.3. The van der Waals surface area contributed by atoms with Gasteiger partial charge in [-0.1, -0.05) is 27.7 Å². The predicted molar refractivity (Wildman–Crippen MR) is 137 cm³/mol. The van der Waals surface area contributed by atoms with Crippen LogP contribution in [-0.2, 0) is 41.2 Å². The van der Waals surface area contributed by atoms with E-state index in [4.69, 9.17) is 26.8 Å². The van der Waals surface area contributed by atoms with Crippen LogP contribution in [0.2, 0.25) is 0 Å². The second-order valence-corrected chi connectivity index (χ2v) is 8.88. The van der Waals surface area contributed by atoms with Gasteiger partial charge in [-0.15, -0.1) is 0 Å². The maximum absolute atomic E-state index is 11.1. The maximum atomic E-state index is 11.1. The molecule has 0 spiro atoms. The van der Waals surface area contributed by atoms with Crippen molar-refractivity contribution in [1.29, 1.82) is 0 Å². The van der Waals surface area contributed by atoms with Crippen LogP contribution < -0.4 is 51.4 Å². The van der Waals surface area contributed by atoms with E-state index < -0.39 is 0 Å². The second-order valence-electron chi connectivity index (χ2n) is 4.56. The Morgan fingerprint density at radius 2 is 1.26 bits per heavy atom. The molecule has 2 unspecified atom stereocenters. The Morgan fingerprint density at radius 1 is 0.903 bits per heavy atom. The summed E-state index contributed by atoms with van der Waals surface area (Å²) in [6.07, 6.45) is 0. The standard InChI is InChI=1S/C8H14O3S2.C5H9BrO2.C3H6OS2.C2H6O.K/c1-4-10-7(9)6(3)13-8(12)11-5-2;1-3-8-5(7)4(2)6;1-2-4-3(5)6;1-2-3;/h6H,4-5H2,1-3H3;4H,3H2,1-2H3;2H2,1H3,(H,5,6);3H,2H2,1H3;/q;;;;+1/p-1. The van der Waals surface area contributed by atoms with Gasteiger partial charge in [0.05, 0.1) is 26.4 Å². The fraction of sp³-hybridized carbons (Fsp3) is 0.778. The monoisotopic (exact) mass is 608 g/mol. The van der Waals surface area contributed by atoms with Crippen LogP contribution in [0.5, 0.6) is 0 Å². The van der Waals surface area contributed by atoms with Gasteiger partial charge in [0.2, 0.25) is 4.38 Å². The number of halogens is 1. The Hall–Kier alpha value is 1.37. The number of thiocarbonyl (C=S) groups is 2. The first-order chi connectivity index (χ1) is 14.0. The number of carbonyl (C=O) groups is 2. The van der Waals surface area contributed by atoms with E-state index in [0.29, 0.717) is 30.8 Å². The van der Waals surface area contributed by atoms with Crippen molar-refractivity contribution < 1.29 is 85.0 Å². The molecule has 0 aromatic rings. The molecule has 0 bridgehead atoms. The van der Waals surface area contributed by atoms with Crippen LogP contribution in [-0.4, -0.2) is 68.9 Å². The third kappa shape index (κ3) is 42.0. The van der Waals surface area contributed by atoms with Crippen LogP contribution in [0.15, 0.2) is 0 Å². The second kappa shape index (κ2) is 33.5. The molecule has 13 heteroatoms. The summed E-state index contributed by atoms with van der Waals surface area (Å²) in [5.41, 5.74) is 0. The van der Waals surface area contributed by atoms with Crippen molar-refractivity contribution in [3.8, 4) is 0 Å². The summed E-state index contributed by atoms with van der Waals surface area (Å²) in [7, 11) is 0. The van der Waals surface area contributed by atoms with Crippen molar-refractivity contribution in [2.45, 2.75) is 58.5 Å². The van der Waals surface area contributed by atoms with E-state index >= 15 is 0 Å². The van der Waals surface area contributed by atoms with Crippen LogP contribution in [0, 0.1) is 0 Å². The minimum absolute atomic E-state index is 0. The van der Waals surface area contributed by atoms with Gasteiger partial charge in [0.1, 0.15) is 10.1 Å². The molecule has 0 amide bonds. The number of thioether (sulfide) groups is 1. The van der Waals surface area contributed by atoms with E-state index in [9.17, 15) is 9.59 Å². The van der Waals surface area contributed by atoms with Gasteiger partial charge in [0.25, 0.3) is 0 Å². The van der Waals surface area contributed by atoms with E-state index in [2.05, 4.69) is 50.3 Å². The number of aliphatic hydroxyl groups excluding tert-OH is 1. The number of esters is 2. The minimum atomic E-state index is -0.293. The van der Waals surface area contributed by atoms with Crippen LogP contribution >= 0.6 is 52.1 Å². The molecular weight excluding hydrogens is 575 g/mol. The zero-order valence-electron chi connectivity index (χ0n) is 19.6. The number of rotatable bonds is 7. The Kier molecular flexibility index (Phi) is 46.0. The number of hydrogen-bond acceptors (Lipinski definition) is 11.